The van der Waals surface area contributed by atoms with Gasteiger partial charge in [0.25, 0.3) is 0 Å². The molecule has 0 fully saturated rings. The molecule has 2 unspecified atom stereocenters. The van der Waals surface area contributed by atoms with Gasteiger partial charge in [-0.2, -0.15) is 0 Å². The molecular formula is C27H35N3O2. The molecule has 3 aromatic carbocycles. The smallest absolute Gasteiger partial charge is 0.0821 e. The van der Waals surface area contributed by atoms with Gasteiger partial charge in [0.1, 0.15) is 0 Å². The lowest BCUT2D eigenvalue weighted by molar-refractivity contribution is 0.0455. The molecular weight excluding hydrogens is 398 g/mol. The van der Waals surface area contributed by atoms with Crippen molar-refractivity contribution in [1.29, 1.82) is 0 Å². The Bertz CT molecular complexity index is 837. The molecule has 4 atom stereocenters. The van der Waals surface area contributed by atoms with Crippen LogP contribution in [0.1, 0.15) is 16.7 Å². The third kappa shape index (κ3) is 7.86. The van der Waals surface area contributed by atoms with E-state index in [1.165, 1.54) is 0 Å². The number of aliphatic hydroxyl groups excluding tert-OH is 2. The number of nitrogens with two attached hydrogens (primary N) is 2. The molecule has 0 radical (unpaired) electrons. The van der Waals surface area contributed by atoms with Gasteiger partial charge < -0.3 is 21.7 Å². The van der Waals surface area contributed by atoms with Gasteiger partial charge >= 0.3 is 0 Å². The first-order valence-corrected chi connectivity index (χ1v) is 11.2. The predicted molar refractivity (Wildman–Crippen MR) is 130 cm³/mol. The zero-order valence-electron chi connectivity index (χ0n) is 18.5. The summed E-state index contributed by atoms with van der Waals surface area (Å²) in [4.78, 5) is 2.04. The standard InChI is InChI=1S/C27H35N3O2/c28-24(16-21-10-4-1-5-11-21)26(31)19-30(18-23-14-8-3-9-15-23)20-27(32)25(29)17-22-12-6-2-7-13-22/h1-15,24-27,31-32H,16-20,28-29H2/t24-,25?,26+,27?/m0/s1. The molecule has 3 rings (SSSR count). The summed E-state index contributed by atoms with van der Waals surface area (Å²) in [6.07, 6.45) is -0.262. The average molecular weight is 434 g/mol. The molecule has 0 aliphatic carbocycles. The Kier molecular flexibility index (Phi) is 9.41. The lowest BCUT2D eigenvalue weighted by atomic mass is 10.00. The van der Waals surface area contributed by atoms with E-state index in [0.717, 1.165) is 16.7 Å². The molecule has 170 valence electrons. The number of benzene rings is 3. The maximum absolute atomic E-state index is 10.8. The Labute approximate surface area is 191 Å². The summed E-state index contributed by atoms with van der Waals surface area (Å²) in [6.45, 7) is 1.32. The van der Waals surface area contributed by atoms with Crippen molar-refractivity contribution in [1.82, 2.24) is 4.90 Å². The monoisotopic (exact) mass is 433 g/mol. The van der Waals surface area contributed by atoms with Crippen LogP contribution in [0.2, 0.25) is 0 Å². The van der Waals surface area contributed by atoms with Crippen molar-refractivity contribution in [3.8, 4) is 0 Å². The number of rotatable bonds is 12. The van der Waals surface area contributed by atoms with E-state index in [4.69, 9.17) is 11.5 Å². The number of aliphatic hydroxyl groups is 2. The highest BCUT2D eigenvalue weighted by Gasteiger charge is 2.23. The molecule has 5 nitrogen and oxygen atoms in total. The Balaban J connectivity index is 1.63. The van der Waals surface area contributed by atoms with E-state index in [9.17, 15) is 10.2 Å². The fourth-order valence-corrected chi connectivity index (χ4v) is 3.89. The molecule has 32 heavy (non-hydrogen) atoms. The van der Waals surface area contributed by atoms with Gasteiger partial charge in [-0.05, 0) is 29.5 Å². The predicted octanol–water partition coefficient (Wildman–Crippen LogP) is 2.35. The van der Waals surface area contributed by atoms with E-state index in [0.29, 0.717) is 32.5 Å². The molecule has 0 aliphatic rings. The fraction of sp³-hybridized carbons (Fsp3) is 0.333. The van der Waals surface area contributed by atoms with Gasteiger partial charge in [-0.3, -0.25) is 4.90 Å². The van der Waals surface area contributed by atoms with Gasteiger partial charge in [-0.1, -0.05) is 91.0 Å². The van der Waals surface area contributed by atoms with Crippen molar-refractivity contribution < 1.29 is 10.2 Å². The van der Waals surface area contributed by atoms with Gasteiger partial charge in [-0.25, -0.2) is 0 Å². The molecule has 0 saturated carbocycles. The second-order valence-corrected chi connectivity index (χ2v) is 8.52. The molecule has 5 heteroatoms. The van der Waals surface area contributed by atoms with Gasteiger partial charge in [-0.15, -0.1) is 0 Å². The molecule has 0 spiro atoms. The van der Waals surface area contributed by atoms with Crippen molar-refractivity contribution in [3.05, 3.63) is 108 Å². The summed E-state index contributed by atoms with van der Waals surface area (Å²) in [5.41, 5.74) is 15.9. The summed E-state index contributed by atoms with van der Waals surface area (Å²) in [6, 6.07) is 29.1. The van der Waals surface area contributed by atoms with Gasteiger partial charge in [0.05, 0.1) is 12.2 Å². The molecule has 0 amide bonds. The van der Waals surface area contributed by atoms with Crippen molar-refractivity contribution in [3.63, 3.8) is 0 Å². The van der Waals surface area contributed by atoms with Crippen LogP contribution >= 0.6 is 0 Å². The van der Waals surface area contributed by atoms with E-state index >= 15 is 0 Å². The second-order valence-electron chi connectivity index (χ2n) is 8.52. The van der Waals surface area contributed by atoms with E-state index in [2.05, 4.69) is 0 Å². The van der Waals surface area contributed by atoms with Crippen molar-refractivity contribution >= 4 is 0 Å². The Hall–Kier alpha value is -2.54. The van der Waals surface area contributed by atoms with E-state index in [-0.39, 0.29) is 0 Å². The molecule has 0 aromatic heterocycles. The zero-order valence-corrected chi connectivity index (χ0v) is 18.5. The third-order valence-electron chi connectivity index (χ3n) is 5.76. The van der Waals surface area contributed by atoms with Gasteiger partial charge in [0, 0.05) is 31.7 Å². The normalized spacial score (nSPS) is 15.3. The van der Waals surface area contributed by atoms with Crippen molar-refractivity contribution in [2.45, 2.75) is 43.7 Å². The quantitative estimate of drug-likeness (QED) is 0.352. The minimum absolute atomic E-state index is 0.359. The first-order valence-electron chi connectivity index (χ1n) is 11.2. The summed E-state index contributed by atoms with van der Waals surface area (Å²) >= 11 is 0. The highest BCUT2D eigenvalue weighted by atomic mass is 16.3. The molecule has 0 bridgehead atoms. The zero-order chi connectivity index (χ0) is 22.8. The van der Waals surface area contributed by atoms with Gasteiger partial charge in [0.15, 0.2) is 0 Å². The van der Waals surface area contributed by atoms with Gasteiger partial charge in [0.2, 0.25) is 0 Å². The van der Waals surface area contributed by atoms with Crippen LogP contribution in [0.4, 0.5) is 0 Å². The second kappa shape index (κ2) is 12.5. The number of hydrogen-bond acceptors (Lipinski definition) is 5. The SMILES string of the molecule is NC(Cc1ccccc1)C(O)CN(Cc1ccccc1)C[C@@H](O)[C@@H](N)Cc1ccccc1. The molecule has 0 heterocycles. The minimum atomic E-state index is -0.725. The maximum Gasteiger partial charge on any atom is 0.0821 e. The van der Waals surface area contributed by atoms with E-state index < -0.39 is 24.3 Å². The minimum Gasteiger partial charge on any atom is -0.390 e. The molecule has 0 saturated heterocycles. The van der Waals surface area contributed by atoms with Crippen molar-refractivity contribution in [2.24, 2.45) is 11.5 Å². The van der Waals surface area contributed by atoms with E-state index in [1.807, 2.05) is 95.9 Å². The topological polar surface area (TPSA) is 95.7 Å². The summed E-state index contributed by atoms with van der Waals surface area (Å²) in [5, 5.41) is 21.7. The third-order valence-corrected chi connectivity index (χ3v) is 5.76. The first kappa shape index (κ1) is 24.1. The molecule has 3 aromatic rings. The largest absolute Gasteiger partial charge is 0.390 e. The van der Waals surface area contributed by atoms with Crippen LogP contribution in [0.15, 0.2) is 91.0 Å². The van der Waals surface area contributed by atoms with Crippen LogP contribution in [0.25, 0.3) is 0 Å². The van der Waals surface area contributed by atoms with E-state index in [1.54, 1.807) is 0 Å². The lowest BCUT2D eigenvalue weighted by Crippen LogP contribution is -2.49. The van der Waals surface area contributed by atoms with Crippen molar-refractivity contribution in [2.75, 3.05) is 13.1 Å². The summed E-state index contributed by atoms with van der Waals surface area (Å²) in [7, 11) is 0. The maximum atomic E-state index is 10.8. The Morgan fingerprint density at radius 2 is 0.906 bits per heavy atom. The Morgan fingerprint density at radius 1 is 0.562 bits per heavy atom. The molecule has 6 N–H and O–H groups in total. The lowest BCUT2D eigenvalue weighted by Gasteiger charge is -2.31. The number of nitrogens with zero attached hydrogens (tertiary/aromatic N) is 1. The Morgan fingerprint density at radius 3 is 1.28 bits per heavy atom. The molecule has 0 aliphatic heterocycles. The van der Waals surface area contributed by atoms with Crippen LogP contribution in [-0.4, -0.2) is 52.5 Å². The fourth-order valence-electron chi connectivity index (χ4n) is 3.89. The number of hydrogen-bond donors (Lipinski definition) is 4. The summed E-state index contributed by atoms with van der Waals surface area (Å²) in [5.74, 6) is 0. The summed E-state index contributed by atoms with van der Waals surface area (Å²) < 4.78 is 0. The van der Waals surface area contributed by atoms with Crippen LogP contribution in [-0.2, 0) is 19.4 Å². The average Bonchev–Trinajstić information content (AvgIpc) is 2.81. The van der Waals surface area contributed by atoms with Crippen LogP contribution in [0.5, 0.6) is 0 Å². The van der Waals surface area contributed by atoms with Crippen LogP contribution in [0, 0.1) is 0 Å². The van der Waals surface area contributed by atoms with Crippen LogP contribution in [0.3, 0.4) is 0 Å². The van der Waals surface area contributed by atoms with Crippen LogP contribution < -0.4 is 11.5 Å². The highest BCUT2D eigenvalue weighted by Crippen LogP contribution is 2.12. The highest BCUT2D eigenvalue weighted by molar-refractivity contribution is 5.18. The first-order chi connectivity index (χ1) is 15.5.